The van der Waals surface area contributed by atoms with Crippen molar-refractivity contribution < 1.29 is 9.53 Å². The Morgan fingerprint density at radius 2 is 1.73 bits per heavy atom. The minimum atomic E-state index is -0.0847. The van der Waals surface area contributed by atoms with E-state index in [9.17, 15) is 4.79 Å². The number of para-hydroxylation sites is 1. The highest BCUT2D eigenvalue weighted by Gasteiger charge is 2.13. The van der Waals surface area contributed by atoms with Crippen molar-refractivity contribution in [2.24, 2.45) is 0 Å². The predicted octanol–water partition coefficient (Wildman–Crippen LogP) is 3.68. The first kappa shape index (κ1) is 16.1. The maximum absolute atomic E-state index is 12.2. The zero-order valence-corrected chi connectivity index (χ0v) is 13.4. The molecule has 0 unspecified atom stereocenters. The minimum absolute atomic E-state index is 0.0163. The largest absolute Gasteiger partial charge is 0.496 e. The molecule has 3 heteroatoms. The summed E-state index contributed by atoms with van der Waals surface area (Å²) in [5, 5.41) is 3.03. The van der Waals surface area contributed by atoms with Crippen molar-refractivity contribution in [1.82, 2.24) is 5.32 Å². The van der Waals surface area contributed by atoms with Gasteiger partial charge in [0.15, 0.2) is 0 Å². The second kappa shape index (κ2) is 7.64. The monoisotopic (exact) mass is 297 g/mol. The number of rotatable bonds is 6. The molecule has 1 atom stereocenters. The number of ether oxygens (including phenoxy) is 1. The number of hydrogen-bond donors (Lipinski definition) is 1. The molecule has 0 aliphatic heterocycles. The van der Waals surface area contributed by atoms with E-state index in [1.54, 1.807) is 7.11 Å². The Morgan fingerprint density at radius 3 is 2.36 bits per heavy atom. The van der Waals surface area contributed by atoms with Crippen LogP contribution in [-0.2, 0) is 17.6 Å². The van der Waals surface area contributed by atoms with E-state index in [-0.39, 0.29) is 11.9 Å². The minimum Gasteiger partial charge on any atom is -0.496 e. The predicted molar refractivity (Wildman–Crippen MR) is 89.1 cm³/mol. The van der Waals surface area contributed by atoms with Gasteiger partial charge in [-0.15, -0.1) is 0 Å². The van der Waals surface area contributed by atoms with Crippen LogP contribution >= 0.6 is 0 Å². The van der Waals surface area contributed by atoms with Crippen LogP contribution in [-0.4, -0.2) is 13.0 Å². The standard InChI is InChI=1S/C19H23NO2/c1-4-15-9-11-16(12-10-15)13-19(21)20-14(2)17-7-5-6-8-18(17)22-3/h5-12,14H,4,13H2,1-3H3,(H,20,21)/t14-/m1/s1. The van der Waals surface area contributed by atoms with Crippen molar-refractivity contribution >= 4 is 5.91 Å². The third-order valence-corrected chi connectivity index (χ3v) is 3.78. The fraction of sp³-hybridized carbons (Fsp3) is 0.316. The summed E-state index contributed by atoms with van der Waals surface area (Å²) in [7, 11) is 1.64. The zero-order chi connectivity index (χ0) is 15.9. The molecule has 2 rings (SSSR count). The van der Waals surface area contributed by atoms with Gasteiger partial charge in [0, 0.05) is 5.56 Å². The summed E-state index contributed by atoms with van der Waals surface area (Å²) >= 11 is 0. The normalized spacial score (nSPS) is 11.8. The van der Waals surface area contributed by atoms with Crippen LogP contribution in [0.2, 0.25) is 0 Å². The van der Waals surface area contributed by atoms with E-state index < -0.39 is 0 Å². The first-order valence-corrected chi connectivity index (χ1v) is 7.64. The molecule has 116 valence electrons. The summed E-state index contributed by atoms with van der Waals surface area (Å²) < 4.78 is 5.34. The second-order valence-electron chi connectivity index (χ2n) is 5.38. The molecule has 0 saturated heterocycles. The van der Waals surface area contributed by atoms with Crippen molar-refractivity contribution in [1.29, 1.82) is 0 Å². The molecule has 0 fully saturated rings. The SMILES string of the molecule is CCc1ccc(CC(=O)N[C@H](C)c2ccccc2OC)cc1. The molecule has 0 heterocycles. The average molecular weight is 297 g/mol. The molecule has 2 aromatic carbocycles. The van der Waals surface area contributed by atoms with E-state index >= 15 is 0 Å². The maximum atomic E-state index is 12.2. The van der Waals surface area contributed by atoms with Gasteiger partial charge in [-0.2, -0.15) is 0 Å². The molecule has 2 aromatic rings. The number of benzene rings is 2. The molecule has 0 saturated carbocycles. The van der Waals surface area contributed by atoms with Gasteiger partial charge >= 0.3 is 0 Å². The van der Waals surface area contributed by atoms with E-state index in [2.05, 4.69) is 24.4 Å². The average Bonchev–Trinajstić information content (AvgIpc) is 2.55. The second-order valence-corrected chi connectivity index (χ2v) is 5.38. The van der Waals surface area contributed by atoms with Crippen molar-refractivity contribution in [2.45, 2.75) is 32.7 Å². The Kier molecular flexibility index (Phi) is 5.59. The van der Waals surface area contributed by atoms with Crippen LogP contribution < -0.4 is 10.1 Å². The summed E-state index contributed by atoms with van der Waals surface area (Å²) in [6.07, 6.45) is 1.40. The number of nitrogens with one attached hydrogen (secondary N) is 1. The molecule has 1 N–H and O–H groups in total. The molecule has 0 radical (unpaired) electrons. The molecule has 0 aromatic heterocycles. The topological polar surface area (TPSA) is 38.3 Å². The quantitative estimate of drug-likeness (QED) is 0.883. The van der Waals surface area contributed by atoms with Gasteiger partial charge < -0.3 is 10.1 Å². The molecular weight excluding hydrogens is 274 g/mol. The van der Waals surface area contributed by atoms with Crippen LogP contribution in [0.5, 0.6) is 5.75 Å². The van der Waals surface area contributed by atoms with Crippen LogP contribution in [0.1, 0.15) is 36.6 Å². The van der Waals surface area contributed by atoms with Crippen LogP contribution in [0, 0.1) is 0 Å². The van der Waals surface area contributed by atoms with Crippen LogP contribution in [0.15, 0.2) is 48.5 Å². The van der Waals surface area contributed by atoms with Gasteiger partial charge in [0.1, 0.15) is 5.75 Å². The molecule has 0 aliphatic carbocycles. The Morgan fingerprint density at radius 1 is 1.09 bits per heavy atom. The van der Waals surface area contributed by atoms with Crippen molar-refractivity contribution in [3.05, 3.63) is 65.2 Å². The van der Waals surface area contributed by atoms with E-state index in [0.717, 1.165) is 23.3 Å². The first-order chi connectivity index (χ1) is 10.6. The number of carbonyl (C=O) groups excluding carboxylic acids is 1. The van der Waals surface area contributed by atoms with E-state index in [1.807, 2.05) is 43.3 Å². The Hall–Kier alpha value is -2.29. The molecule has 22 heavy (non-hydrogen) atoms. The summed E-state index contributed by atoms with van der Waals surface area (Å²) in [6.45, 7) is 4.09. The lowest BCUT2D eigenvalue weighted by molar-refractivity contribution is -0.121. The van der Waals surface area contributed by atoms with Crippen LogP contribution in [0.25, 0.3) is 0 Å². The van der Waals surface area contributed by atoms with Gasteiger partial charge in [-0.25, -0.2) is 0 Å². The fourth-order valence-electron chi connectivity index (χ4n) is 2.47. The maximum Gasteiger partial charge on any atom is 0.224 e. The Bertz CT molecular complexity index is 620. The molecule has 0 aliphatic rings. The van der Waals surface area contributed by atoms with E-state index in [4.69, 9.17) is 4.74 Å². The Labute approximate surface area is 132 Å². The first-order valence-electron chi connectivity index (χ1n) is 7.64. The number of methoxy groups -OCH3 is 1. The fourth-order valence-corrected chi connectivity index (χ4v) is 2.47. The van der Waals surface area contributed by atoms with Crippen molar-refractivity contribution in [2.75, 3.05) is 7.11 Å². The summed E-state index contributed by atoms with van der Waals surface area (Å²) in [5.41, 5.74) is 3.30. The molecule has 0 spiro atoms. The molecule has 0 bridgehead atoms. The number of hydrogen-bond acceptors (Lipinski definition) is 2. The number of amides is 1. The highest BCUT2D eigenvalue weighted by Crippen LogP contribution is 2.24. The van der Waals surface area contributed by atoms with Gasteiger partial charge in [-0.3, -0.25) is 4.79 Å². The van der Waals surface area contributed by atoms with Gasteiger partial charge in [-0.1, -0.05) is 49.4 Å². The molecule has 3 nitrogen and oxygen atoms in total. The summed E-state index contributed by atoms with van der Waals surface area (Å²) in [6, 6.07) is 15.9. The highest BCUT2D eigenvalue weighted by atomic mass is 16.5. The van der Waals surface area contributed by atoms with Crippen LogP contribution in [0.4, 0.5) is 0 Å². The number of aryl methyl sites for hydroxylation is 1. The zero-order valence-electron chi connectivity index (χ0n) is 13.4. The molecular formula is C19H23NO2. The Balaban J connectivity index is 1.98. The summed E-state index contributed by atoms with van der Waals surface area (Å²) in [5.74, 6) is 0.810. The third kappa shape index (κ3) is 4.10. The van der Waals surface area contributed by atoms with Crippen molar-refractivity contribution in [3.8, 4) is 5.75 Å². The molecule has 1 amide bonds. The number of carbonyl (C=O) groups is 1. The van der Waals surface area contributed by atoms with Gasteiger partial charge in [0.25, 0.3) is 0 Å². The van der Waals surface area contributed by atoms with Crippen molar-refractivity contribution in [3.63, 3.8) is 0 Å². The third-order valence-electron chi connectivity index (χ3n) is 3.78. The van der Waals surface area contributed by atoms with Gasteiger partial charge in [0.2, 0.25) is 5.91 Å². The lowest BCUT2D eigenvalue weighted by atomic mass is 10.1. The lowest BCUT2D eigenvalue weighted by Gasteiger charge is -2.17. The van der Waals surface area contributed by atoms with Gasteiger partial charge in [-0.05, 0) is 30.5 Å². The summed E-state index contributed by atoms with van der Waals surface area (Å²) in [4.78, 5) is 12.2. The van der Waals surface area contributed by atoms with E-state index in [1.165, 1.54) is 5.56 Å². The van der Waals surface area contributed by atoms with Gasteiger partial charge in [0.05, 0.1) is 19.6 Å². The highest BCUT2D eigenvalue weighted by molar-refractivity contribution is 5.79. The lowest BCUT2D eigenvalue weighted by Crippen LogP contribution is -2.28. The smallest absolute Gasteiger partial charge is 0.224 e. The van der Waals surface area contributed by atoms with E-state index in [0.29, 0.717) is 6.42 Å². The van der Waals surface area contributed by atoms with Crippen LogP contribution in [0.3, 0.4) is 0 Å².